The normalized spacial score (nSPS) is 11.3. The molecule has 0 aliphatic rings. The van der Waals surface area contributed by atoms with E-state index in [0.29, 0.717) is 6.61 Å². The van der Waals surface area contributed by atoms with E-state index in [0.717, 1.165) is 49.3 Å². The summed E-state index contributed by atoms with van der Waals surface area (Å²) < 4.78 is 9.79. The fourth-order valence-electron chi connectivity index (χ4n) is 3.17. The van der Waals surface area contributed by atoms with Crippen molar-refractivity contribution in [2.75, 3.05) is 5.43 Å². The Morgan fingerprint density at radius 3 is 2.47 bits per heavy atom. The topological polar surface area (TPSA) is 51.4 Å². The number of nitrogens with zero attached hydrogens (tertiary/aromatic N) is 3. The van der Waals surface area contributed by atoms with Crippen molar-refractivity contribution in [2.24, 2.45) is 5.10 Å². The third-order valence-electron chi connectivity index (χ3n) is 4.60. The van der Waals surface area contributed by atoms with E-state index in [1.54, 1.807) is 6.21 Å². The lowest BCUT2D eigenvalue weighted by atomic mass is 10.2. The minimum atomic E-state index is 0.500. The van der Waals surface area contributed by atoms with Gasteiger partial charge < -0.3 is 9.30 Å². The summed E-state index contributed by atoms with van der Waals surface area (Å²) in [5.41, 5.74) is 7.13. The Morgan fingerprint density at radius 1 is 1.03 bits per heavy atom. The maximum absolute atomic E-state index is 5.98. The highest BCUT2D eigenvalue weighted by Crippen LogP contribution is 2.35. The van der Waals surface area contributed by atoms with Crippen molar-refractivity contribution < 1.29 is 4.74 Å². The molecule has 7 heteroatoms. The molecule has 4 rings (SSSR count). The summed E-state index contributed by atoms with van der Waals surface area (Å²) in [5.74, 6) is 1.48. The molecule has 0 saturated heterocycles. The summed E-state index contributed by atoms with van der Waals surface area (Å²) in [6.07, 6.45) is 1.76. The van der Waals surface area contributed by atoms with Crippen LogP contribution in [0, 0.1) is 0 Å². The van der Waals surface area contributed by atoms with Crippen LogP contribution in [0.25, 0.3) is 11.0 Å². The van der Waals surface area contributed by atoms with Crippen LogP contribution in [0.2, 0.25) is 0 Å². The zero-order chi connectivity index (χ0) is 20.9. The average molecular weight is 528 g/mol. The van der Waals surface area contributed by atoms with Gasteiger partial charge in [0.25, 0.3) is 0 Å². The van der Waals surface area contributed by atoms with Gasteiger partial charge in [-0.15, -0.1) is 0 Å². The lowest BCUT2D eigenvalue weighted by molar-refractivity contribution is 0.302. The quantitative estimate of drug-likeness (QED) is 0.217. The van der Waals surface area contributed by atoms with Crippen molar-refractivity contribution >= 4 is 55.1 Å². The predicted octanol–water partition coefficient (Wildman–Crippen LogP) is 6.61. The van der Waals surface area contributed by atoms with Crippen molar-refractivity contribution in [1.82, 2.24) is 9.55 Å². The molecule has 0 radical (unpaired) electrons. The van der Waals surface area contributed by atoms with Crippen molar-refractivity contribution in [1.29, 1.82) is 0 Å². The fourth-order valence-corrected chi connectivity index (χ4v) is 4.62. The van der Waals surface area contributed by atoms with Crippen LogP contribution in [-0.4, -0.2) is 15.8 Å². The highest BCUT2D eigenvalue weighted by Gasteiger charge is 2.10. The summed E-state index contributed by atoms with van der Waals surface area (Å²) in [4.78, 5) is 4.62. The number of halogens is 2. The van der Waals surface area contributed by atoms with Crippen LogP contribution in [0.3, 0.4) is 0 Å². The number of ether oxygens (including phenoxy) is 1. The molecule has 0 unspecified atom stereocenters. The maximum atomic E-state index is 5.98. The number of hydrogen-bond donors (Lipinski definition) is 1. The van der Waals surface area contributed by atoms with Crippen LogP contribution >= 0.6 is 31.9 Å². The molecule has 0 saturated carbocycles. The Kier molecular flexibility index (Phi) is 6.50. The maximum Gasteiger partial charge on any atom is 0.224 e. The Hall–Kier alpha value is -2.64. The number of para-hydroxylation sites is 2. The van der Waals surface area contributed by atoms with E-state index in [4.69, 9.17) is 4.74 Å². The highest BCUT2D eigenvalue weighted by molar-refractivity contribution is 9.11. The number of imidazole rings is 1. The zero-order valence-corrected chi connectivity index (χ0v) is 19.5. The molecule has 0 bridgehead atoms. The number of fused-ring (bicyclic) bond motifs is 1. The molecule has 0 aliphatic heterocycles. The number of aryl methyl sites for hydroxylation is 1. The SMILES string of the molecule is CCn1c(N/N=C\c2cc(Br)c(OCc3ccccc3)c(Br)c2)nc2ccccc21. The Morgan fingerprint density at radius 2 is 1.73 bits per heavy atom. The standard InChI is InChI=1S/C23H20Br2N4O/c1-2-29-21-11-7-6-10-20(21)27-23(29)28-26-14-17-12-18(24)22(19(25)13-17)30-15-16-8-4-3-5-9-16/h3-14H,2,15H2,1H3,(H,27,28)/b26-14-. The van der Waals surface area contributed by atoms with E-state index in [1.165, 1.54) is 0 Å². The van der Waals surface area contributed by atoms with Crippen LogP contribution in [0.5, 0.6) is 5.75 Å². The molecular formula is C23H20Br2N4O. The molecule has 30 heavy (non-hydrogen) atoms. The molecule has 0 spiro atoms. The van der Waals surface area contributed by atoms with Crippen molar-refractivity contribution in [3.8, 4) is 5.75 Å². The van der Waals surface area contributed by atoms with Gasteiger partial charge in [-0.05, 0) is 74.2 Å². The summed E-state index contributed by atoms with van der Waals surface area (Å²) in [7, 11) is 0. The average Bonchev–Trinajstić information content (AvgIpc) is 3.11. The molecule has 152 valence electrons. The summed E-state index contributed by atoms with van der Waals surface area (Å²) in [5, 5.41) is 4.38. The second kappa shape index (κ2) is 9.45. The van der Waals surface area contributed by atoms with Gasteiger partial charge in [-0.2, -0.15) is 5.10 Å². The number of nitrogens with one attached hydrogen (secondary N) is 1. The third kappa shape index (κ3) is 4.57. The number of benzene rings is 3. The van der Waals surface area contributed by atoms with Gasteiger partial charge in [-0.3, -0.25) is 0 Å². The van der Waals surface area contributed by atoms with Crippen LogP contribution in [0.15, 0.2) is 80.8 Å². The van der Waals surface area contributed by atoms with E-state index >= 15 is 0 Å². The molecule has 0 fully saturated rings. The molecule has 1 heterocycles. The van der Waals surface area contributed by atoms with Gasteiger partial charge in [0.15, 0.2) is 0 Å². The lowest BCUT2D eigenvalue weighted by Crippen LogP contribution is -2.02. The van der Waals surface area contributed by atoms with Gasteiger partial charge in [0.05, 0.1) is 26.2 Å². The van der Waals surface area contributed by atoms with E-state index in [2.05, 4.69) is 64.9 Å². The van der Waals surface area contributed by atoms with E-state index in [9.17, 15) is 0 Å². The van der Waals surface area contributed by atoms with Crippen molar-refractivity contribution in [3.05, 3.63) is 86.8 Å². The molecule has 0 aliphatic carbocycles. The molecule has 0 atom stereocenters. The monoisotopic (exact) mass is 526 g/mol. The van der Waals surface area contributed by atoms with Crippen LogP contribution in [-0.2, 0) is 13.2 Å². The molecule has 0 amide bonds. The summed E-state index contributed by atoms with van der Waals surface area (Å²) in [6.45, 7) is 3.40. The zero-order valence-electron chi connectivity index (χ0n) is 16.3. The van der Waals surface area contributed by atoms with E-state index in [1.807, 2.05) is 60.7 Å². The van der Waals surface area contributed by atoms with Gasteiger partial charge in [0, 0.05) is 6.54 Å². The first kappa shape index (κ1) is 20.6. The van der Waals surface area contributed by atoms with E-state index < -0.39 is 0 Å². The Labute approximate surface area is 192 Å². The molecule has 3 aromatic carbocycles. The van der Waals surface area contributed by atoms with Gasteiger partial charge >= 0.3 is 0 Å². The minimum absolute atomic E-state index is 0.500. The number of aromatic nitrogens is 2. The number of rotatable bonds is 7. The number of anilines is 1. The lowest BCUT2D eigenvalue weighted by Gasteiger charge is -2.11. The Bertz CT molecular complexity index is 1170. The third-order valence-corrected chi connectivity index (χ3v) is 5.77. The fraction of sp³-hybridized carbons (Fsp3) is 0.130. The van der Waals surface area contributed by atoms with E-state index in [-0.39, 0.29) is 0 Å². The second-order valence-electron chi connectivity index (χ2n) is 6.63. The molecular weight excluding hydrogens is 508 g/mol. The van der Waals surface area contributed by atoms with Crippen LogP contribution in [0.1, 0.15) is 18.1 Å². The van der Waals surface area contributed by atoms with Crippen LogP contribution in [0.4, 0.5) is 5.95 Å². The molecule has 5 nitrogen and oxygen atoms in total. The predicted molar refractivity (Wildman–Crippen MR) is 129 cm³/mol. The number of hydrazone groups is 1. The van der Waals surface area contributed by atoms with Gasteiger partial charge in [-0.25, -0.2) is 10.4 Å². The Balaban J connectivity index is 1.48. The van der Waals surface area contributed by atoms with Crippen LogP contribution < -0.4 is 10.2 Å². The van der Waals surface area contributed by atoms with Gasteiger partial charge in [-0.1, -0.05) is 42.5 Å². The van der Waals surface area contributed by atoms with Gasteiger partial charge in [0.2, 0.25) is 5.95 Å². The van der Waals surface area contributed by atoms with Crippen molar-refractivity contribution in [2.45, 2.75) is 20.1 Å². The highest BCUT2D eigenvalue weighted by atomic mass is 79.9. The van der Waals surface area contributed by atoms with Gasteiger partial charge in [0.1, 0.15) is 12.4 Å². The minimum Gasteiger partial charge on any atom is -0.487 e. The first-order valence-electron chi connectivity index (χ1n) is 9.56. The van der Waals surface area contributed by atoms with Crippen molar-refractivity contribution in [3.63, 3.8) is 0 Å². The molecule has 1 aromatic heterocycles. The smallest absolute Gasteiger partial charge is 0.224 e. The summed E-state index contributed by atoms with van der Waals surface area (Å²) in [6, 6.07) is 22.1. The molecule has 1 N–H and O–H groups in total. The largest absolute Gasteiger partial charge is 0.487 e. The second-order valence-corrected chi connectivity index (χ2v) is 8.34. The molecule has 4 aromatic rings. The summed E-state index contributed by atoms with van der Waals surface area (Å²) >= 11 is 7.20. The first-order valence-corrected chi connectivity index (χ1v) is 11.1. The first-order chi connectivity index (χ1) is 14.7. The number of hydrogen-bond acceptors (Lipinski definition) is 4.